The molecule has 0 bridgehead atoms. The average Bonchev–Trinajstić information content (AvgIpc) is 3.02. The van der Waals surface area contributed by atoms with Crippen LogP contribution in [0.2, 0.25) is 0 Å². The molecule has 0 radical (unpaired) electrons. The number of benzene rings is 2. The highest BCUT2D eigenvalue weighted by Crippen LogP contribution is 2.39. The van der Waals surface area contributed by atoms with Crippen molar-refractivity contribution < 1.29 is 39.3 Å². The molecule has 0 unspecified atom stereocenters. The first-order valence-corrected chi connectivity index (χ1v) is 9.64. The molecule has 0 atom stereocenters. The van der Waals surface area contributed by atoms with E-state index in [0.717, 1.165) is 18.2 Å². The van der Waals surface area contributed by atoms with Crippen LogP contribution in [0.1, 0.15) is 16.9 Å². The zero-order valence-corrected chi connectivity index (χ0v) is 15.8. The Morgan fingerprint density at radius 3 is 2.13 bits per heavy atom. The number of rotatable bonds is 4. The minimum atomic E-state index is -4.72. The van der Waals surface area contributed by atoms with Gasteiger partial charge in [0.1, 0.15) is 17.3 Å². The quantitative estimate of drug-likeness (QED) is 0.583. The van der Waals surface area contributed by atoms with Crippen molar-refractivity contribution in [2.45, 2.75) is 24.7 Å². The summed E-state index contributed by atoms with van der Waals surface area (Å²) in [6.45, 7) is -0.0511. The molecule has 0 aliphatic rings. The monoisotopic (exact) mass is 450 g/mol. The number of halogens is 6. The van der Waals surface area contributed by atoms with Crippen molar-refractivity contribution in [1.29, 1.82) is 0 Å². The van der Waals surface area contributed by atoms with E-state index < -0.39 is 50.7 Å². The van der Waals surface area contributed by atoms with Crippen molar-refractivity contribution in [2.24, 2.45) is 5.14 Å². The van der Waals surface area contributed by atoms with Gasteiger partial charge in [-0.05, 0) is 42.3 Å². The van der Waals surface area contributed by atoms with E-state index in [-0.39, 0.29) is 27.9 Å². The summed E-state index contributed by atoms with van der Waals surface area (Å²) < 4.78 is 108. The largest absolute Gasteiger partial charge is 0.416 e. The molecule has 160 valence electrons. The topological polar surface area (TPSA) is 86.2 Å². The van der Waals surface area contributed by atoms with Crippen LogP contribution >= 0.6 is 0 Å². The highest BCUT2D eigenvalue weighted by Gasteiger charge is 2.33. The minimum absolute atomic E-state index is 0.0651. The van der Waals surface area contributed by atoms with Gasteiger partial charge in [0.2, 0.25) is 10.0 Å². The molecule has 0 amide bonds. The summed E-state index contributed by atoms with van der Waals surface area (Å²) in [4.78, 5) is -1.38. The number of nitrogens with zero attached hydrogens (tertiary/aromatic N) is 1. The summed E-state index contributed by atoms with van der Waals surface area (Å²) >= 11 is 0. The van der Waals surface area contributed by atoms with Crippen LogP contribution in [0.25, 0.3) is 22.4 Å². The lowest BCUT2D eigenvalue weighted by Gasteiger charge is -2.12. The van der Waals surface area contributed by atoms with Gasteiger partial charge in [0, 0.05) is 5.56 Å². The van der Waals surface area contributed by atoms with Crippen LogP contribution in [-0.4, -0.2) is 13.6 Å². The number of primary sulfonamides is 1. The first-order chi connectivity index (χ1) is 13.8. The van der Waals surface area contributed by atoms with Gasteiger partial charge in [0.15, 0.2) is 17.3 Å². The molecule has 0 fully saturated rings. The van der Waals surface area contributed by atoms with Crippen molar-refractivity contribution in [1.82, 2.24) is 5.16 Å². The second-order valence-corrected chi connectivity index (χ2v) is 7.80. The molecule has 0 saturated carbocycles. The van der Waals surface area contributed by atoms with Crippen molar-refractivity contribution >= 4 is 10.0 Å². The van der Waals surface area contributed by atoms with E-state index in [1.165, 1.54) is 6.92 Å². The SMILES string of the molecule is Cc1cc(-c2noc(CF)c2-c2cc(F)c(S(N)(=O)=O)c(F)c2)ccc1C(F)(F)F. The Balaban J connectivity index is 2.22. The molecular weight excluding hydrogens is 438 g/mol. The maximum absolute atomic E-state index is 14.2. The molecule has 30 heavy (non-hydrogen) atoms. The lowest BCUT2D eigenvalue weighted by Crippen LogP contribution is -2.16. The number of nitrogens with two attached hydrogens (primary N) is 1. The molecule has 0 spiro atoms. The number of alkyl halides is 4. The van der Waals surface area contributed by atoms with Crippen LogP contribution in [0.4, 0.5) is 26.3 Å². The summed E-state index contributed by atoms with van der Waals surface area (Å²) in [5, 5.41) is 8.39. The maximum atomic E-state index is 14.2. The van der Waals surface area contributed by atoms with Gasteiger partial charge in [-0.2, -0.15) is 13.2 Å². The van der Waals surface area contributed by atoms with E-state index >= 15 is 0 Å². The Hall–Kier alpha value is -2.86. The van der Waals surface area contributed by atoms with Crippen molar-refractivity contribution in [3.05, 3.63) is 58.9 Å². The first kappa shape index (κ1) is 21.8. The molecule has 3 rings (SSSR count). The van der Waals surface area contributed by atoms with Gasteiger partial charge in [0.05, 0.1) is 11.1 Å². The van der Waals surface area contributed by atoms with Gasteiger partial charge >= 0.3 is 6.18 Å². The molecule has 2 aromatic carbocycles. The predicted octanol–water partition coefficient (Wildman–Crippen LogP) is 4.73. The second-order valence-electron chi connectivity index (χ2n) is 6.30. The molecule has 3 aromatic rings. The van der Waals surface area contributed by atoms with Gasteiger partial charge in [-0.25, -0.2) is 26.7 Å². The minimum Gasteiger partial charge on any atom is -0.357 e. The maximum Gasteiger partial charge on any atom is 0.416 e. The van der Waals surface area contributed by atoms with Crippen LogP contribution in [0, 0.1) is 18.6 Å². The highest BCUT2D eigenvalue weighted by atomic mass is 32.2. The number of aryl methyl sites for hydroxylation is 1. The van der Waals surface area contributed by atoms with E-state index in [9.17, 15) is 34.8 Å². The molecule has 0 aliphatic carbocycles. The standard InChI is InChI=1S/C18H12F6N2O3S/c1-8-4-9(2-3-11(8)18(22,23)24)16-15(14(7-19)29-26-16)10-5-12(20)17(13(21)6-10)30(25,27)28/h2-6H,7H2,1H3,(H2,25,27,28). The third-order valence-corrected chi connectivity index (χ3v) is 5.22. The predicted molar refractivity (Wildman–Crippen MR) is 93.2 cm³/mol. The Morgan fingerprint density at radius 2 is 1.67 bits per heavy atom. The number of sulfonamides is 1. The molecule has 0 saturated heterocycles. The average molecular weight is 450 g/mol. The van der Waals surface area contributed by atoms with Crippen LogP contribution in [-0.2, 0) is 22.9 Å². The normalized spacial score (nSPS) is 12.4. The van der Waals surface area contributed by atoms with E-state index in [2.05, 4.69) is 5.16 Å². The fourth-order valence-corrected chi connectivity index (χ4v) is 3.68. The van der Waals surface area contributed by atoms with Gasteiger partial charge in [-0.15, -0.1) is 0 Å². The summed E-state index contributed by atoms with van der Waals surface area (Å²) in [7, 11) is -4.72. The molecule has 1 heterocycles. The molecule has 0 aliphatic heterocycles. The van der Waals surface area contributed by atoms with Crippen molar-refractivity contribution in [2.75, 3.05) is 0 Å². The zero-order valence-electron chi connectivity index (χ0n) is 15.0. The van der Waals surface area contributed by atoms with Crippen molar-refractivity contribution in [3.8, 4) is 22.4 Å². The third kappa shape index (κ3) is 3.92. The third-order valence-electron chi connectivity index (χ3n) is 4.26. The Kier molecular flexibility index (Phi) is 5.41. The molecule has 12 heteroatoms. The van der Waals surface area contributed by atoms with E-state index in [0.29, 0.717) is 12.1 Å². The van der Waals surface area contributed by atoms with Gasteiger partial charge < -0.3 is 4.52 Å². The number of hydrogen-bond donors (Lipinski definition) is 1. The van der Waals surface area contributed by atoms with Crippen LogP contribution in [0.5, 0.6) is 0 Å². The number of aromatic nitrogens is 1. The van der Waals surface area contributed by atoms with Gasteiger partial charge in [-0.1, -0.05) is 11.2 Å². The zero-order chi connectivity index (χ0) is 22.4. The Morgan fingerprint density at radius 1 is 1.07 bits per heavy atom. The summed E-state index contributed by atoms with van der Waals surface area (Å²) in [6.07, 6.45) is -4.60. The Bertz CT molecular complexity index is 1210. The van der Waals surface area contributed by atoms with Crippen LogP contribution < -0.4 is 5.14 Å². The highest BCUT2D eigenvalue weighted by molar-refractivity contribution is 7.89. The summed E-state index contributed by atoms with van der Waals surface area (Å²) in [5.74, 6) is -3.52. The van der Waals surface area contributed by atoms with Gasteiger partial charge in [0.25, 0.3) is 0 Å². The second kappa shape index (κ2) is 7.43. The lowest BCUT2D eigenvalue weighted by molar-refractivity contribution is -0.138. The molecule has 2 N–H and O–H groups in total. The van der Waals surface area contributed by atoms with E-state index in [1.807, 2.05) is 0 Å². The van der Waals surface area contributed by atoms with E-state index in [4.69, 9.17) is 9.66 Å². The Labute approximate surface area is 166 Å². The smallest absolute Gasteiger partial charge is 0.357 e. The molecular formula is C18H12F6N2O3S. The summed E-state index contributed by atoms with van der Waals surface area (Å²) in [5.41, 5.74) is -1.76. The van der Waals surface area contributed by atoms with Crippen molar-refractivity contribution in [3.63, 3.8) is 0 Å². The van der Waals surface area contributed by atoms with E-state index in [1.54, 1.807) is 0 Å². The summed E-state index contributed by atoms with van der Waals surface area (Å²) in [6, 6.07) is 4.12. The molecule has 5 nitrogen and oxygen atoms in total. The van der Waals surface area contributed by atoms with Crippen LogP contribution in [0.15, 0.2) is 39.8 Å². The van der Waals surface area contributed by atoms with Crippen LogP contribution in [0.3, 0.4) is 0 Å². The lowest BCUT2D eigenvalue weighted by atomic mass is 9.96. The van der Waals surface area contributed by atoms with Gasteiger partial charge in [-0.3, -0.25) is 0 Å². The fraction of sp³-hybridized carbons (Fsp3) is 0.167. The first-order valence-electron chi connectivity index (χ1n) is 8.09. The number of hydrogen-bond acceptors (Lipinski definition) is 4. The fourth-order valence-electron chi connectivity index (χ4n) is 3.02. The molecule has 1 aromatic heterocycles.